The molecule has 0 aliphatic carbocycles. The number of alkyl halides is 6. The highest BCUT2D eigenvalue weighted by Gasteiger charge is 2.38. The molecule has 0 saturated heterocycles. The van der Waals surface area contributed by atoms with Crippen LogP contribution in [0.15, 0.2) is 43.0 Å². The van der Waals surface area contributed by atoms with Gasteiger partial charge in [-0.15, -0.1) is 0 Å². The lowest BCUT2D eigenvalue weighted by atomic mass is 10.2. The summed E-state index contributed by atoms with van der Waals surface area (Å²) in [6.07, 6.45) is -2.71. The largest absolute Gasteiger partial charge is 0.490 e. The lowest BCUT2D eigenvalue weighted by Crippen LogP contribution is -2.21. The summed E-state index contributed by atoms with van der Waals surface area (Å²) < 4.78 is 71.1. The van der Waals surface area contributed by atoms with E-state index in [2.05, 4.69) is 32.7 Å². The lowest BCUT2D eigenvalue weighted by Gasteiger charge is -2.06. The SMILES string of the molecule is Clc1ccc(COc2nccc(-n3cc4c(c3)CNC4)n2)nc1.O=C(O)C(F)(F)F.O=C(O)C(F)(F)F. The third-order valence-electron chi connectivity index (χ3n) is 4.14. The summed E-state index contributed by atoms with van der Waals surface area (Å²) in [6.45, 7) is 2.10. The third-order valence-corrected chi connectivity index (χ3v) is 4.36. The van der Waals surface area contributed by atoms with Gasteiger partial charge in [0.25, 0.3) is 0 Å². The van der Waals surface area contributed by atoms with Gasteiger partial charge >= 0.3 is 30.3 Å². The van der Waals surface area contributed by atoms with Crippen molar-refractivity contribution in [2.45, 2.75) is 32.0 Å². The zero-order chi connectivity index (χ0) is 27.8. The Hall–Kier alpha value is -3.92. The Bertz CT molecular complexity index is 1170. The van der Waals surface area contributed by atoms with E-state index < -0.39 is 24.3 Å². The van der Waals surface area contributed by atoms with Crippen molar-refractivity contribution in [3.05, 3.63) is 64.8 Å². The maximum absolute atomic E-state index is 10.6. The second-order valence-corrected chi connectivity index (χ2v) is 7.32. The van der Waals surface area contributed by atoms with E-state index in [4.69, 9.17) is 36.1 Å². The number of ether oxygens (including phenoxy) is 1. The summed E-state index contributed by atoms with van der Waals surface area (Å²) in [5.74, 6) is -4.73. The van der Waals surface area contributed by atoms with Crippen molar-refractivity contribution in [1.29, 1.82) is 0 Å². The quantitative estimate of drug-likeness (QED) is 0.410. The van der Waals surface area contributed by atoms with E-state index in [0.29, 0.717) is 17.6 Å². The average molecular weight is 556 g/mol. The number of nitrogens with one attached hydrogen (secondary N) is 1. The minimum absolute atomic E-state index is 0.298. The number of nitrogens with zero attached hydrogens (tertiary/aromatic N) is 4. The fraction of sp³-hybridized carbons (Fsp3) is 0.250. The molecule has 1 aliphatic rings. The first-order valence-electron chi connectivity index (χ1n) is 9.74. The summed E-state index contributed by atoms with van der Waals surface area (Å²) in [5.41, 5.74) is 3.38. The molecule has 0 atom stereocenters. The van der Waals surface area contributed by atoms with Crippen molar-refractivity contribution in [3.8, 4) is 11.8 Å². The number of halogens is 7. The molecule has 3 N–H and O–H groups in total. The predicted molar refractivity (Wildman–Crippen MR) is 113 cm³/mol. The number of carboxylic acid groups (broad SMARTS) is 2. The van der Waals surface area contributed by atoms with Gasteiger partial charge in [-0.25, -0.2) is 14.6 Å². The van der Waals surface area contributed by atoms with Crippen LogP contribution in [0.5, 0.6) is 6.01 Å². The number of fused-ring (bicyclic) bond motifs is 1. The lowest BCUT2D eigenvalue weighted by molar-refractivity contribution is -0.193. The summed E-state index contributed by atoms with van der Waals surface area (Å²) >= 11 is 5.81. The Morgan fingerprint density at radius 1 is 0.973 bits per heavy atom. The molecule has 37 heavy (non-hydrogen) atoms. The third kappa shape index (κ3) is 9.57. The van der Waals surface area contributed by atoms with E-state index in [-0.39, 0.29) is 0 Å². The number of carbonyl (C=O) groups is 2. The molecule has 0 aromatic carbocycles. The molecule has 4 heterocycles. The molecule has 10 nitrogen and oxygen atoms in total. The minimum atomic E-state index is -5.08. The van der Waals surface area contributed by atoms with Gasteiger partial charge in [-0.05, 0) is 23.3 Å². The topological polar surface area (TPSA) is 139 Å². The number of carboxylic acids is 2. The van der Waals surface area contributed by atoms with Crippen LogP contribution in [-0.4, -0.2) is 54.0 Å². The molecular weight excluding hydrogens is 540 g/mol. The molecule has 0 amide bonds. The first kappa shape index (κ1) is 29.3. The van der Waals surface area contributed by atoms with Crippen LogP contribution in [0.2, 0.25) is 5.02 Å². The summed E-state index contributed by atoms with van der Waals surface area (Å²) in [4.78, 5) is 30.6. The maximum atomic E-state index is 10.6. The molecule has 0 fully saturated rings. The van der Waals surface area contributed by atoms with Crippen molar-refractivity contribution in [3.63, 3.8) is 0 Å². The number of pyridine rings is 1. The predicted octanol–water partition coefficient (Wildman–Crippen LogP) is 3.76. The molecule has 3 aromatic rings. The first-order valence-corrected chi connectivity index (χ1v) is 10.1. The molecule has 0 radical (unpaired) electrons. The van der Waals surface area contributed by atoms with Crippen LogP contribution in [-0.2, 0) is 29.3 Å². The molecule has 0 unspecified atom stereocenters. The number of hydrogen-bond acceptors (Lipinski definition) is 7. The highest BCUT2D eigenvalue weighted by Crippen LogP contribution is 2.20. The summed E-state index contributed by atoms with van der Waals surface area (Å²) in [7, 11) is 0. The Balaban J connectivity index is 0.000000286. The van der Waals surface area contributed by atoms with Gasteiger partial charge in [0.1, 0.15) is 12.4 Å². The van der Waals surface area contributed by atoms with Gasteiger partial charge in [-0.3, -0.25) is 4.98 Å². The molecule has 0 saturated carbocycles. The van der Waals surface area contributed by atoms with Crippen molar-refractivity contribution in [1.82, 2.24) is 24.8 Å². The molecule has 4 rings (SSSR count). The number of aliphatic carboxylic acids is 2. The molecule has 17 heteroatoms. The van der Waals surface area contributed by atoms with E-state index in [1.54, 1.807) is 18.5 Å². The van der Waals surface area contributed by atoms with Gasteiger partial charge in [0, 0.05) is 43.9 Å². The van der Waals surface area contributed by atoms with Gasteiger partial charge in [-0.1, -0.05) is 11.6 Å². The average Bonchev–Trinajstić information content (AvgIpc) is 3.41. The van der Waals surface area contributed by atoms with Gasteiger partial charge < -0.3 is 24.8 Å². The van der Waals surface area contributed by atoms with Gasteiger partial charge in [0.2, 0.25) is 0 Å². The first-order chi connectivity index (χ1) is 17.2. The molecule has 1 aliphatic heterocycles. The van der Waals surface area contributed by atoms with Crippen molar-refractivity contribution in [2.75, 3.05) is 0 Å². The number of hydrogen-bond donors (Lipinski definition) is 3. The van der Waals surface area contributed by atoms with Crippen molar-refractivity contribution < 1.29 is 50.9 Å². The molecule has 0 spiro atoms. The van der Waals surface area contributed by atoms with Crippen LogP contribution in [0.1, 0.15) is 16.8 Å². The second-order valence-electron chi connectivity index (χ2n) is 6.88. The van der Waals surface area contributed by atoms with Crippen LogP contribution >= 0.6 is 11.6 Å². The van der Waals surface area contributed by atoms with Gasteiger partial charge in [-0.2, -0.15) is 31.3 Å². The van der Waals surface area contributed by atoms with E-state index >= 15 is 0 Å². The molecule has 0 bridgehead atoms. The smallest absolute Gasteiger partial charge is 0.475 e. The van der Waals surface area contributed by atoms with Crippen LogP contribution in [0, 0.1) is 0 Å². The minimum Gasteiger partial charge on any atom is -0.475 e. The van der Waals surface area contributed by atoms with Crippen LogP contribution in [0.3, 0.4) is 0 Å². The molecule has 3 aromatic heterocycles. The van der Waals surface area contributed by atoms with Crippen LogP contribution < -0.4 is 10.1 Å². The van der Waals surface area contributed by atoms with E-state index in [1.165, 1.54) is 11.1 Å². The maximum Gasteiger partial charge on any atom is 0.490 e. The van der Waals surface area contributed by atoms with Gasteiger partial charge in [0.05, 0.1) is 10.7 Å². The standard InChI is InChI=1S/C16H14ClN5O.2C2HF3O2/c17-13-1-2-14(20-7-13)10-23-16-19-4-3-15(21-16)22-8-11-5-18-6-12(11)9-22;2*3-2(4,5)1(6)7/h1-4,7-9,18H,5-6,10H2;2*(H,6,7). The highest BCUT2D eigenvalue weighted by atomic mass is 35.5. The second kappa shape index (κ2) is 12.4. The van der Waals surface area contributed by atoms with Crippen molar-refractivity contribution in [2.24, 2.45) is 0 Å². The summed E-state index contributed by atoms with van der Waals surface area (Å²) in [6, 6.07) is 5.78. The number of aromatic nitrogens is 4. The Labute approximate surface area is 208 Å². The summed E-state index contributed by atoms with van der Waals surface area (Å²) in [5, 5.41) is 18.2. The Kier molecular flexibility index (Phi) is 9.79. The van der Waals surface area contributed by atoms with E-state index in [0.717, 1.165) is 24.6 Å². The van der Waals surface area contributed by atoms with Gasteiger partial charge in [0.15, 0.2) is 0 Å². The fourth-order valence-corrected chi connectivity index (χ4v) is 2.61. The van der Waals surface area contributed by atoms with E-state index in [1.807, 2.05) is 16.7 Å². The number of rotatable bonds is 4. The van der Waals surface area contributed by atoms with Crippen molar-refractivity contribution >= 4 is 23.5 Å². The Morgan fingerprint density at radius 3 is 1.97 bits per heavy atom. The highest BCUT2D eigenvalue weighted by molar-refractivity contribution is 6.30. The zero-order valence-electron chi connectivity index (χ0n) is 18.2. The van der Waals surface area contributed by atoms with Crippen LogP contribution in [0.25, 0.3) is 5.82 Å². The normalized spacial score (nSPS) is 12.4. The Morgan fingerprint density at radius 2 is 1.51 bits per heavy atom. The zero-order valence-corrected chi connectivity index (χ0v) is 19.0. The molecule has 200 valence electrons. The van der Waals surface area contributed by atoms with Crippen LogP contribution in [0.4, 0.5) is 26.3 Å². The fourth-order valence-electron chi connectivity index (χ4n) is 2.50. The molecular formula is C20H16ClF6N5O5. The van der Waals surface area contributed by atoms with E-state index in [9.17, 15) is 26.3 Å². The monoisotopic (exact) mass is 555 g/mol.